The minimum Gasteiger partial charge on any atom is -0.453 e. The average Bonchev–Trinajstić information content (AvgIpc) is 2.83. The summed E-state index contributed by atoms with van der Waals surface area (Å²) < 4.78 is 5.17. The number of hydrogen-bond acceptors (Lipinski definition) is 4. The molecule has 1 aliphatic rings. The molecular weight excluding hydrogens is 332 g/mol. The number of hydrogen-bond donors (Lipinski definition) is 0. The van der Waals surface area contributed by atoms with Crippen molar-refractivity contribution in [2.45, 2.75) is 32.1 Å². The zero-order chi connectivity index (χ0) is 16.2. The van der Waals surface area contributed by atoms with Crippen LogP contribution in [0.25, 0.3) is 0 Å². The zero-order valence-electron chi connectivity index (χ0n) is 12.6. The van der Waals surface area contributed by atoms with Crippen LogP contribution in [-0.2, 0) is 17.6 Å². The zero-order valence-corrected chi connectivity index (χ0v) is 14.2. The number of esters is 1. The van der Waals surface area contributed by atoms with Crippen molar-refractivity contribution in [3.05, 3.63) is 56.2 Å². The number of ether oxygens (including phenoxy) is 1. The number of carbonyl (C=O) groups excluding carboxylic acids is 2. The number of Topliss-reactive ketones (excluding diaryl/α,β-unsaturated/α-hetero) is 1. The van der Waals surface area contributed by atoms with Crippen molar-refractivity contribution in [3.8, 4) is 0 Å². The van der Waals surface area contributed by atoms with Gasteiger partial charge in [0.05, 0.1) is 0 Å². The minimum absolute atomic E-state index is 0.251. The smallest absolute Gasteiger partial charge is 0.348 e. The summed E-state index contributed by atoms with van der Waals surface area (Å²) in [4.78, 5) is 26.1. The van der Waals surface area contributed by atoms with Gasteiger partial charge in [-0.05, 0) is 49.4 Å². The molecular formula is C18H17ClO3S. The Morgan fingerprint density at radius 3 is 2.78 bits per heavy atom. The minimum atomic E-state index is -0.418. The lowest BCUT2D eigenvalue weighted by atomic mass is 10.1. The second-order valence-electron chi connectivity index (χ2n) is 5.63. The van der Waals surface area contributed by atoms with E-state index in [4.69, 9.17) is 16.3 Å². The maximum atomic E-state index is 12.2. The first-order valence-corrected chi connectivity index (χ1v) is 8.90. The van der Waals surface area contributed by atoms with Crippen LogP contribution in [0.15, 0.2) is 30.3 Å². The van der Waals surface area contributed by atoms with E-state index < -0.39 is 5.97 Å². The number of benzene rings is 1. The standard InChI is InChI=1S/C18H17ClO3S/c19-14-7-4-6-12(9-14)15(20)11-22-18(21)17-10-13-5-2-1-3-8-16(13)23-17/h4,6-7,9-10H,1-3,5,8,11H2. The first-order chi connectivity index (χ1) is 11.1. The molecule has 0 radical (unpaired) electrons. The fraction of sp³-hybridized carbons (Fsp3) is 0.333. The van der Waals surface area contributed by atoms with E-state index in [1.165, 1.54) is 41.0 Å². The van der Waals surface area contributed by atoms with Crippen LogP contribution < -0.4 is 0 Å². The van der Waals surface area contributed by atoms with Gasteiger partial charge in [-0.1, -0.05) is 30.2 Å². The van der Waals surface area contributed by atoms with Gasteiger partial charge < -0.3 is 4.74 Å². The normalized spacial score (nSPS) is 14.0. The Morgan fingerprint density at radius 1 is 1.13 bits per heavy atom. The molecule has 0 unspecified atom stereocenters. The molecule has 0 spiro atoms. The number of carbonyl (C=O) groups is 2. The molecule has 0 fully saturated rings. The van der Waals surface area contributed by atoms with Gasteiger partial charge in [-0.3, -0.25) is 4.79 Å². The van der Waals surface area contributed by atoms with E-state index >= 15 is 0 Å². The van der Waals surface area contributed by atoms with Crippen molar-refractivity contribution in [3.63, 3.8) is 0 Å². The highest BCUT2D eigenvalue weighted by Gasteiger charge is 2.18. The summed E-state index contributed by atoms with van der Waals surface area (Å²) in [6.07, 6.45) is 5.66. The molecule has 120 valence electrons. The number of aryl methyl sites for hydroxylation is 2. The Balaban J connectivity index is 1.62. The van der Waals surface area contributed by atoms with Crippen molar-refractivity contribution < 1.29 is 14.3 Å². The van der Waals surface area contributed by atoms with Crippen molar-refractivity contribution >= 4 is 34.7 Å². The summed E-state index contributed by atoms with van der Waals surface area (Å²) in [5, 5.41) is 0.490. The third-order valence-electron chi connectivity index (χ3n) is 3.93. The quantitative estimate of drug-likeness (QED) is 0.456. The Morgan fingerprint density at radius 2 is 1.96 bits per heavy atom. The second kappa shape index (κ2) is 7.28. The van der Waals surface area contributed by atoms with Crippen molar-refractivity contribution in [1.82, 2.24) is 0 Å². The van der Waals surface area contributed by atoms with E-state index in [2.05, 4.69) is 0 Å². The van der Waals surface area contributed by atoms with E-state index in [0.717, 1.165) is 12.8 Å². The molecule has 0 saturated carbocycles. The second-order valence-corrected chi connectivity index (χ2v) is 7.20. The lowest BCUT2D eigenvalue weighted by Crippen LogP contribution is -2.13. The van der Waals surface area contributed by atoms with E-state index in [9.17, 15) is 9.59 Å². The largest absolute Gasteiger partial charge is 0.453 e. The topological polar surface area (TPSA) is 43.4 Å². The fourth-order valence-electron chi connectivity index (χ4n) is 2.72. The Bertz CT molecular complexity index is 712. The summed E-state index contributed by atoms with van der Waals surface area (Å²) in [6.45, 7) is -0.262. The van der Waals surface area contributed by atoms with Crippen LogP contribution in [0, 0.1) is 0 Å². The maximum Gasteiger partial charge on any atom is 0.348 e. The van der Waals surface area contributed by atoms with Crippen molar-refractivity contribution in [2.75, 3.05) is 6.61 Å². The number of fused-ring (bicyclic) bond motifs is 1. The van der Waals surface area contributed by atoms with Gasteiger partial charge >= 0.3 is 5.97 Å². The van der Waals surface area contributed by atoms with Crippen LogP contribution in [0.2, 0.25) is 5.02 Å². The molecule has 1 heterocycles. The third kappa shape index (κ3) is 4.01. The molecule has 0 aliphatic heterocycles. The van der Waals surface area contributed by atoms with E-state index in [1.807, 2.05) is 6.07 Å². The Labute approximate surface area is 144 Å². The molecule has 1 aliphatic carbocycles. The van der Waals surface area contributed by atoms with Crippen LogP contribution in [0.3, 0.4) is 0 Å². The Kier molecular flexibility index (Phi) is 5.13. The third-order valence-corrected chi connectivity index (χ3v) is 5.38. The maximum absolute atomic E-state index is 12.2. The number of rotatable bonds is 4. The fourth-order valence-corrected chi connectivity index (χ4v) is 4.05. The monoisotopic (exact) mass is 348 g/mol. The summed E-state index contributed by atoms with van der Waals surface area (Å²) in [7, 11) is 0. The SMILES string of the molecule is O=C(COC(=O)c1cc2c(s1)CCCCC2)c1cccc(Cl)c1. The van der Waals surface area contributed by atoms with E-state index in [1.54, 1.807) is 24.3 Å². The lowest BCUT2D eigenvalue weighted by Gasteiger charge is -2.03. The Hall–Kier alpha value is -1.65. The van der Waals surface area contributed by atoms with E-state index in [-0.39, 0.29) is 12.4 Å². The summed E-state index contributed by atoms with van der Waals surface area (Å²) >= 11 is 7.36. The molecule has 0 atom stereocenters. The highest BCUT2D eigenvalue weighted by atomic mass is 35.5. The number of thiophene rings is 1. The molecule has 3 nitrogen and oxygen atoms in total. The van der Waals surface area contributed by atoms with E-state index in [0.29, 0.717) is 15.5 Å². The van der Waals surface area contributed by atoms with Gasteiger partial charge in [0.25, 0.3) is 0 Å². The molecule has 1 aromatic carbocycles. The first-order valence-electron chi connectivity index (χ1n) is 7.71. The summed E-state index contributed by atoms with van der Waals surface area (Å²) in [6, 6.07) is 8.56. The average molecular weight is 349 g/mol. The van der Waals surface area contributed by atoms with Gasteiger partial charge in [-0.25, -0.2) is 4.79 Å². The van der Waals surface area contributed by atoms with Gasteiger partial charge in [-0.15, -0.1) is 11.3 Å². The highest BCUT2D eigenvalue weighted by molar-refractivity contribution is 7.14. The van der Waals surface area contributed by atoms with Crippen LogP contribution >= 0.6 is 22.9 Å². The molecule has 23 heavy (non-hydrogen) atoms. The number of ketones is 1. The molecule has 2 aromatic rings. The van der Waals surface area contributed by atoms with Crippen LogP contribution in [0.5, 0.6) is 0 Å². The molecule has 0 N–H and O–H groups in total. The van der Waals surface area contributed by atoms with Crippen LogP contribution in [0.1, 0.15) is 49.7 Å². The highest BCUT2D eigenvalue weighted by Crippen LogP contribution is 2.29. The molecule has 0 saturated heterocycles. The predicted molar refractivity (Wildman–Crippen MR) is 91.6 cm³/mol. The molecule has 1 aromatic heterocycles. The molecule has 0 amide bonds. The molecule has 3 rings (SSSR count). The van der Waals surface area contributed by atoms with Crippen LogP contribution in [-0.4, -0.2) is 18.4 Å². The van der Waals surface area contributed by atoms with Crippen molar-refractivity contribution in [2.24, 2.45) is 0 Å². The van der Waals surface area contributed by atoms with Gasteiger partial charge in [0.1, 0.15) is 4.88 Å². The number of halogens is 1. The van der Waals surface area contributed by atoms with Gasteiger partial charge in [0.15, 0.2) is 12.4 Å². The predicted octanol–water partition coefficient (Wildman–Crippen LogP) is 4.71. The van der Waals surface area contributed by atoms with Gasteiger partial charge in [0.2, 0.25) is 0 Å². The lowest BCUT2D eigenvalue weighted by molar-refractivity contribution is 0.0479. The summed E-state index contributed by atoms with van der Waals surface area (Å²) in [5.74, 6) is -0.669. The van der Waals surface area contributed by atoms with Crippen molar-refractivity contribution in [1.29, 1.82) is 0 Å². The van der Waals surface area contributed by atoms with Crippen LogP contribution in [0.4, 0.5) is 0 Å². The summed E-state index contributed by atoms with van der Waals surface area (Å²) in [5.41, 5.74) is 1.72. The first kappa shape index (κ1) is 16.2. The molecule has 0 bridgehead atoms. The van der Waals surface area contributed by atoms with Gasteiger partial charge in [0, 0.05) is 15.5 Å². The molecule has 5 heteroatoms. The van der Waals surface area contributed by atoms with Gasteiger partial charge in [-0.2, -0.15) is 0 Å².